The first-order valence-corrected chi connectivity index (χ1v) is 7.10. The molecular weight excluding hydrogens is 302 g/mol. The van der Waals surface area contributed by atoms with Crippen LogP contribution in [0.1, 0.15) is 27.2 Å². The first kappa shape index (κ1) is 18.5. The van der Waals surface area contributed by atoms with Gasteiger partial charge in [-0.25, -0.2) is 9.78 Å². The summed E-state index contributed by atoms with van der Waals surface area (Å²) in [6.45, 7) is 5.44. The van der Waals surface area contributed by atoms with Crippen LogP contribution < -0.4 is 20.1 Å². The van der Waals surface area contributed by atoms with Crippen LogP contribution in [0.4, 0.5) is 10.5 Å². The molecule has 8 heteroatoms. The summed E-state index contributed by atoms with van der Waals surface area (Å²) in [5.41, 5.74) is -0.234. The molecule has 0 radical (unpaired) electrons. The zero-order chi connectivity index (χ0) is 17.5. The highest BCUT2D eigenvalue weighted by molar-refractivity contribution is 5.94. The number of nitrogens with zero attached hydrogens (tertiary/aromatic N) is 1. The van der Waals surface area contributed by atoms with Crippen LogP contribution in [0.15, 0.2) is 12.3 Å². The minimum atomic E-state index is -0.581. The first-order chi connectivity index (χ1) is 10.8. The van der Waals surface area contributed by atoms with E-state index in [-0.39, 0.29) is 24.8 Å². The van der Waals surface area contributed by atoms with E-state index in [0.29, 0.717) is 11.4 Å². The number of methoxy groups -OCH3 is 2. The normalized spacial score (nSPS) is 10.7. The Morgan fingerprint density at radius 1 is 1.22 bits per heavy atom. The molecule has 0 aliphatic carbocycles. The number of hydrogen-bond donors (Lipinski definition) is 2. The summed E-state index contributed by atoms with van der Waals surface area (Å²) in [5.74, 6) is 0.369. The third-order valence-electron chi connectivity index (χ3n) is 2.58. The number of amides is 2. The second-order valence-corrected chi connectivity index (χ2v) is 5.62. The van der Waals surface area contributed by atoms with E-state index in [0.717, 1.165) is 0 Å². The molecule has 23 heavy (non-hydrogen) atoms. The Labute approximate surface area is 135 Å². The number of pyridine rings is 1. The van der Waals surface area contributed by atoms with Crippen molar-refractivity contribution in [2.45, 2.75) is 32.8 Å². The first-order valence-electron chi connectivity index (χ1n) is 7.10. The molecule has 0 aliphatic rings. The molecule has 0 unspecified atom stereocenters. The van der Waals surface area contributed by atoms with E-state index in [1.54, 1.807) is 26.8 Å². The predicted molar refractivity (Wildman–Crippen MR) is 84.8 cm³/mol. The highest BCUT2D eigenvalue weighted by atomic mass is 16.6. The van der Waals surface area contributed by atoms with Gasteiger partial charge < -0.3 is 24.8 Å². The van der Waals surface area contributed by atoms with Gasteiger partial charge in [0.15, 0.2) is 0 Å². The number of hydrogen-bond acceptors (Lipinski definition) is 6. The Bertz CT molecular complexity index is 532. The van der Waals surface area contributed by atoms with Crippen LogP contribution in [0, 0.1) is 0 Å². The Kier molecular flexibility index (Phi) is 6.62. The molecule has 0 saturated carbocycles. The van der Waals surface area contributed by atoms with Gasteiger partial charge in [0, 0.05) is 25.2 Å². The Morgan fingerprint density at radius 2 is 1.91 bits per heavy atom. The van der Waals surface area contributed by atoms with E-state index in [1.807, 2.05) is 0 Å². The molecule has 2 amide bonds. The fourth-order valence-corrected chi connectivity index (χ4v) is 1.66. The average molecular weight is 325 g/mol. The van der Waals surface area contributed by atoms with Crippen molar-refractivity contribution in [2.24, 2.45) is 0 Å². The molecule has 0 spiro atoms. The van der Waals surface area contributed by atoms with Crippen LogP contribution in [0.3, 0.4) is 0 Å². The minimum Gasteiger partial charge on any atom is -0.494 e. The monoisotopic (exact) mass is 325 g/mol. The highest BCUT2D eigenvalue weighted by Gasteiger charge is 2.17. The van der Waals surface area contributed by atoms with E-state index in [2.05, 4.69) is 15.6 Å². The van der Waals surface area contributed by atoms with E-state index < -0.39 is 11.7 Å². The molecule has 0 saturated heterocycles. The topological polar surface area (TPSA) is 98.8 Å². The van der Waals surface area contributed by atoms with Gasteiger partial charge in [0.25, 0.3) is 0 Å². The second kappa shape index (κ2) is 8.21. The van der Waals surface area contributed by atoms with Crippen molar-refractivity contribution in [1.29, 1.82) is 0 Å². The van der Waals surface area contributed by atoms with Crippen molar-refractivity contribution < 1.29 is 23.8 Å². The van der Waals surface area contributed by atoms with Gasteiger partial charge in [0.1, 0.15) is 17.0 Å². The highest BCUT2D eigenvalue weighted by Crippen LogP contribution is 2.31. The summed E-state index contributed by atoms with van der Waals surface area (Å²) in [6, 6.07) is 1.61. The number of anilines is 1. The maximum absolute atomic E-state index is 12.0. The lowest BCUT2D eigenvalue weighted by atomic mass is 10.2. The van der Waals surface area contributed by atoms with Crippen LogP contribution in [0.2, 0.25) is 0 Å². The summed E-state index contributed by atoms with van der Waals surface area (Å²) in [6.07, 6.45) is 1.01. The van der Waals surface area contributed by atoms with Gasteiger partial charge in [-0.3, -0.25) is 4.79 Å². The Balaban J connectivity index is 2.53. The molecule has 0 aliphatic heterocycles. The molecule has 2 N–H and O–H groups in total. The standard InChI is InChI=1S/C15H23N3O5/c1-15(2,3)23-14(20)17-9-7-11(19)18-12-10(21-4)6-8-16-13(12)22-5/h6,8H,7,9H2,1-5H3,(H,17,20)(H,18,19). The van der Waals surface area contributed by atoms with Crippen molar-refractivity contribution in [2.75, 3.05) is 26.1 Å². The van der Waals surface area contributed by atoms with Crippen LogP contribution in [0.5, 0.6) is 11.6 Å². The number of ether oxygens (including phenoxy) is 3. The van der Waals surface area contributed by atoms with E-state index in [1.165, 1.54) is 20.4 Å². The van der Waals surface area contributed by atoms with Crippen LogP contribution in [-0.2, 0) is 9.53 Å². The molecule has 1 aromatic heterocycles. The zero-order valence-corrected chi connectivity index (χ0v) is 14.1. The van der Waals surface area contributed by atoms with Crippen LogP contribution in [-0.4, -0.2) is 43.3 Å². The third-order valence-corrected chi connectivity index (χ3v) is 2.58. The van der Waals surface area contributed by atoms with Gasteiger partial charge in [-0.15, -0.1) is 0 Å². The number of aromatic nitrogens is 1. The van der Waals surface area contributed by atoms with Crippen molar-refractivity contribution in [3.63, 3.8) is 0 Å². The number of rotatable bonds is 6. The maximum atomic E-state index is 12.0. The van der Waals surface area contributed by atoms with Gasteiger partial charge in [0.2, 0.25) is 11.8 Å². The summed E-state index contributed by atoms with van der Waals surface area (Å²) in [4.78, 5) is 27.5. The summed E-state index contributed by atoms with van der Waals surface area (Å²) in [5, 5.41) is 5.17. The number of nitrogens with one attached hydrogen (secondary N) is 2. The summed E-state index contributed by atoms with van der Waals surface area (Å²) in [7, 11) is 2.93. The van der Waals surface area contributed by atoms with Gasteiger partial charge in [-0.05, 0) is 20.8 Å². The summed E-state index contributed by atoms with van der Waals surface area (Å²) < 4.78 is 15.3. The Morgan fingerprint density at radius 3 is 2.48 bits per heavy atom. The van der Waals surface area contributed by atoms with Crippen molar-refractivity contribution >= 4 is 17.7 Å². The molecule has 1 heterocycles. The number of carbonyl (C=O) groups is 2. The quantitative estimate of drug-likeness (QED) is 0.829. The van der Waals surface area contributed by atoms with Crippen LogP contribution in [0.25, 0.3) is 0 Å². The fraction of sp³-hybridized carbons (Fsp3) is 0.533. The SMILES string of the molecule is COc1ccnc(OC)c1NC(=O)CCNC(=O)OC(C)(C)C. The fourth-order valence-electron chi connectivity index (χ4n) is 1.66. The molecule has 128 valence electrons. The van der Waals surface area contributed by atoms with Gasteiger partial charge in [-0.2, -0.15) is 0 Å². The lowest BCUT2D eigenvalue weighted by molar-refractivity contribution is -0.116. The molecule has 0 bridgehead atoms. The lowest BCUT2D eigenvalue weighted by Gasteiger charge is -2.19. The maximum Gasteiger partial charge on any atom is 0.407 e. The largest absolute Gasteiger partial charge is 0.494 e. The van der Waals surface area contributed by atoms with Gasteiger partial charge in [-0.1, -0.05) is 0 Å². The number of carbonyl (C=O) groups excluding carboxylic acids is 2. The molecule has 0 atom stereocenters. The Hall–Kier alpha value is -2.51. The lowest BCUT2D eigenvalue weighted by Crippen LogP contribution is -2.34. The van der Waals surface area contributed by atoms with E-state index in [9.17, 15) is 9.59 Å². The second-order valence-electron chi connectivity index (χ2n) is 5.62. The number of alkyl carbamates (subject to hydrolysis) is 1. The molecular formula is C15H23N3O5. The van der Waals surface area contributed by atoms with Gasteiger partial charge >= 0.3 is 6.09 Å². The van der Waals surface area contributed by atoms with Crippen LogP contribution >= 0.6 is 0 Å². The third kappa shape index (κ3) is 6.41. The van der Waals surface area contributed by atoms with Crippen molar-refractivity contribution in [1.82, 2.24) is 10.3 Å². The summed E-state index contributed by atoms with van der Waals surface area (Å²) >= 11 is 0. The molecule has 1 rings (SSSR count). The average Bonchev–Trinajstić information content (AvgIpc) is 2.45. The zero-order valence-electron chi connectivity index (χ0n) is 14.1. The minimum absolute atomic E-state index is 0.0699. The smallest absolute Gasteiger partial charge is 0.407 e. The van der Waals surface area contributed by atoms with Gasteiger partial charge in [0.05, 0.1) is 14.2 Å². The van der Waals surface area contributed by atoms with E-state index >= 15 is 0 Å². The van der Waals surface area contributed by atoms with Crippen molar-refractivity contribution in [3.05, 3.63) is 12.3 Å². The van der Waals surface area contributed by atoms with Crippen molar-refractivity contribution in [3.8, 4) is 11.6 Å². The molecule has 8 nitrogen and oxygen atoms in total. The molecule has 1 aromatic rings. The molecule has 0 aromatic carbocycles. The molecule has 0 fully saturated rings. The predicted octanol–water partition coefficient (Wildman–Crippen LogP) is 1.95. The van der Waals surface area contributed by atoms with E-state index in [4.69, 9.17) is 14.2 Å².